The molecule has 0 bridgehead atoms. The predicted octanol–water partition coefficient (Wildman–Crippen LogP) is 3.09. The molecule has 1 amide bonds. The van der Waals surface area contributed by atoms with Crippen LogP contribution in [0.25, 0.3) is 0 Å². The summed E-state index contributed by atoms with van der Waals surface area (Å²) in [5.74, 6) is 0.562. The van der Waals surface area contributed by atoms with Gasteiger partial charge in [-0.15, -0.1) is 0 Å². The van der Waals surface area contributed by atoms with Gasteiger partial charge in [0.2, 0.25) is 0 Å². The van der Waals surface area contributed by atoms with Gasteiger partial charge in [-0.1, -0.05) is 30.3 Å². The van der Waals surface area contributed by atoms with Crippen molar-refractivity contribution in [3.63, 3.8) is 0 Å². The number of hydrogen-bond donors (Lipinski definition) is 3. The highest BCUT2D eigenvalue weighted by molar-refractivity contribution is 5.84. The number of aromatic amines is 1. The van der Waals surface area contributed by atoms with E-state index in [1.807, 2.05) is 39.0 Å². The van der Waals surface area contributed by atoms with Crippen LogP contribution in [0.15, 0.2) is 36.5 Å². The Labute approximate surface area is 136 Å². The third-order valence-electron chi connectivity index (χ3n) is 3.09. The first-order chi connectivity index (χ1) is 10.9. The van der Waals surface area contributed by atoms with Gasteiger partial charge in [0.1, 0.15) is 11.4 Å². The fourth-order valence-corrected chi connectivity index (χ4v) is 2.06. The largest absolute Gasteiger partial charge is 0.444 e. The van der Waals surface area contributed by atoms with Crippen LogP contribution >= 0.6 is 0 Å². The van der Waals surface area contributed by atoms with Crippen molar-refractivity contribution < 1.29 is 9.53 Å². The summed E-state index contributed by atoms with van der Waals surface area (Å²) in [6, 6.07) is 10.3. The Morgan fingerprint density at radius 2 is 2.00 bits per heavy atom. The molecule has 1 aromatic heterocycles. The van der Waals surface area contributed by atoms with Crippen LogP contribution < -0.4 is 10.6 Å². The molecule has 0 aliphatic rings. The van der Waals surface area contributed by atoms with Crippen LogP contribution in [0.3, 0.4) is 0 Å². The Hall–Kier alpha value is -2.34. The van der Waals surface area contributed by atoms with Crippen LogP contribution in [0.4, 0.5) is 10.6 Å². The van der Waals surface area contributed by atoms with E-state index in [1.54, 1.807) is 6.20 Å². The van der Waals surface area contributed by atoms with E-state index in [1.165, 1.54) is 5.56 Å². The lowest BCUT2D eigenvalue weighted by molar-refractivity contribution is 0.0635. The van der Waals surface area contributed by atoms with Crippen molar-refractivity contribution in [2.45, 2.75) is 39.3 Å². The van der Waals surface area contributed by atoms with Crippen molar-refractivity contribution >= 4 is 11.9 Å². The molecule has 0 fully saturated rings. The van der Waals surface area contributed by atoms with E-state index in [2.05, 4.69) is 33.0 Å². The molecule has 1 heterocycles. The highest BCUT2D eigenvalue weighted by Crippen LogP contribution is 2.13. The van der Waals surface area contributed by atoms with E-state index in [9.17, 15) is 4.79 Å². The molecule has 124 valence electrons. The van der Waals surface area contributed by atoms with Gasteiger partial charge in [0, 0.05) is 12.1 Å². The van der Waals surface area contributed by atoms with Gasteiger partial charge in [0.05, 0.1) is 6.20 Å². The first-order valence-electron chi connectivity index (χ1n) is 7.71. The molecule has 0 spiro atoms. The van der Waals surface area contributed by atoms with Gasteiger partial charge in [-0.05, 0) is 39.3 Å². The number of anilines is 1. The van der Waals surface area contributed by atoms with Crippen LogP contribution in [-0.2, 0) is 17.7 Å². The number of benzene rings is 1. The van der Waals surface area contributed by atoms with Crippen molar-refractivity contribution in [2.75, 3.05) is 11.9 Å². The molecule has 0 aliphatic heterocycles. The lowest BCUT2D eigenvalue weighted by atomic mass is 10.1. The summed E-state index contributed by atoms with van der Waals surface area (Å²) >= 11 is 0. The van der Waals surface area contributed by atoms with Crippen molar-refractivity contribution in [1.29, 1.82) is 0 Å². The lowest BCUT2D eigenvalue weighted by Gasteiger charge is -2.19. The fraction of sp³-hybridized carbons (Fsp3) is 0.412. The Morgan fingerprint density at radius 3 is 2.70 bits per heavy atom. The van der Waals surface area contributed by atoms with E-state index < -0.39 is 11.7 Å². The van der Waals surface area contributed by atoms with Crippen molar-refractivity contribution in [2.24, 2.45) is 0 Å². The Kier molecular flexibility index (Phi) is 5.76. The second kappa shape index (κ2) is 7.78. The molecule has 0 radical (unpaired) electrons. The van der Waals surface area contributed by atoms with Gasteiger partial charge >= 0.3 is 6.09 Å². The summed E-state index contributed by atoms with van der Waals surface area (Å²) in [6.07, 6.45) is 2.16. The highest BCUT2D eigenvalue weighted by Gasteiger charge is 2.17. The quantitative estimate of drug-likeness (QED) is 0.716. The summed E-state index contributed by atoms with van der Waals surface area (Å²) in [6.45, 7) is 6.94. The highest BCUT2D eigenvalue weighted by atomic mass is 16.6. The van der Waals surface area contributed by atoms with Crippen molar-refractivity contribution in [1.82, 2.24) is 15.5 Å². The molecule has 3 N–H and O–H groups in total. The number of amides is 1. The fourth-order valence-electron chi connectivity index (χ4n) is 2.06. The average molecular weight is 316 g/mol. The summed E-state index contributed by atoms with van der Waals surface area (Å²) in [7, 11) is 0. The molecule has 0 atom stereocenters. The number of ether oxygens (including phenoxy) is 1. The molecule has 2 aromatic rings. The Balaban J connectivity index is 1.78. The topological polar surface area (TPSA) is 79.0 Å². The van der Waals surface area contributed by atoms with Crippen LogP contribution in [0, 0.1) is 0 Å². The van der Waals surface area contributed by atoms with E-state index in [0.717, 1.165) is 18.5 Å². The normalized spacial score (nSPS) is 11.3. The number of aromatic nitrogens is 2. The first kappa shape index (κ1) is 17.0. The zero-order valence-electron chi connectivity index (χ0n) is 13.8. The van der Waals surface area contributed by atoms with E-state index in [0.29, 0.717) is 12.4 Å². The number of H-pyrrole nitrogens is 1. The van der Waals surface area contributed by atoms with Crippen LogP contribution in [0.2, 0.25) is 0 Å². The maximum atomic E-state index is 11.8. The maximum Gasteiger partial charge on any atom is 0.413 e. The number of rotatable bonds is 6. The number of hydrogen-bond acceptors (Lipinski definition) is 4. The molecule has 0 aliphatic carbocycles. The average Bonchev–Trinajstić information content (AvgIpc) is 2.90. The van der Waals surface area contributed by atoms with Gasteiger partial charge in [-0.3, -0.25) is 10.4 Å². The number of nitrogens with one attached hydrogen (secondary N) is 3. The van der Waals surface area contributed by atoms with Gasteiger partial charge in [-0.25, -0.2) is 4.79 Å². The molecule has 0 saturated carbocycles. The summed E-state index contributed by atoms with van der Waals surface area (Å²) in [4.78, 5) is 11.8. The maximum absolute atomic E-state index is 11.8. The third kappa shape index (κ3) is 6.12. The van der Waals surface area contributed by atoms with Crippen LogP contribution in [0.1, 0.15) is 31.9 Å². The molecular weight excluding hydrogens is 292 g/mol. The number of carbonyl (C=O) groups excluding carboxylic acids is 1. The van der Waals surface area contributed by atoms with Crippen LogP contribution in [-0.4, -0.2) is 28.4 Å². The predicted molar refractivity (Wildman–Crippen MR) is 90.3 cm³/mol. The Bertz CT molecular complexity index is 617. The molecule has 0 unspecified atom stereocenters. The Morgan fingerprint density at radius 1 is 1.26 bits per heavy atom. The minimum Gasteiger partial charge on any atom is -0.444 e. The third-order valence-corrected chi connectivity index (χ3v) is 3.09. The zero-order chi connectivity index (χ0) is 16.7. The zero-order valence-corrected chi connectivity index (χ0v) is 13.8. The van der Waals surface area contributed by atoms with Gasteiger partial charge in [-0.2, -0.15) is 5.10 Å². The number of carbonyl (C=O) groups is 1. The molecule has 2 rings (SSSR count). The van der Waals surface area contributed by atoms with Gasteiger partial charge in [0.25, 0.3) is 0 Å². The molecular formula is C17H24N4O2. The first-order valence-corrected chi connectivity index (χ1v) is 7.71. The second-order valence-electron chi connectivity index (χ2n) is 6.31. The minimum atomic E-state index is -0.530. The molecule has 0 saturated heterocycles. The van der Waals surface area contributed by atoms with E-state index in [-0.39, 0.29) is 0 Å². The van der Waals surface area contributed by atoms with Crippen molar-refractivity contribution in [3.05, 3.63) is 47.7 Å². The SMILES string of the molecule is CC(C)(C)OC(=O)Nc1[nH]ncc1CNCCc1ccccc1. The lowest BCUT2D eigenvalue weighted by Crippen LogP contribution is -2.28. The number of nitrogens with zero attached hydrogens (tertiary/aromatic N) is 1. The van der Waals surface area contributed by atoms with Crippen molar-refractivity contribution in [3.8, 4) is 0 Å². The summed E-state index contributed by atoms with van der Waals surface area (Å²) in [5, 5.41) is 12.8. The smallest absolute Gasteiger partial charge is 0.413 e. The monoisotopic (exact) mass is 316 g/mol. The molecule has 6 nitrogen and oxygen atoms in total. The second-order valence-corrected chi connectivity index (χ2v) is 6.31. The summed E-state index contributed by atoms with van der Waals surface area (Å²) < 4.78 is 5.23. The summed E-state index contributed by atoms with van der Waals surface area (Å²) in [5.41, 5.74) is 1.65. The standard InChI is InChI=1S/C17H24N4O2/c1-17(2,3)23-16(22)20-15-14(12-19-21-15)11-18-10-9-13-7-5-4-6-8-13/h4-8,12,18H,9-11H2,1-3H3,(H2,19,20,21,22). The molecule has 6 heteroatoms. The van der Waals surface area contributed by atoms with Crippen LogP contribution in [0.5, 0.6) is 0 Å². The molecule has 1 aromatic carbocycles. The van der Waals surface area contributed by atoms with Gasteiger partial charge in [0.15, 0.2) is 0 Å². The minimum absolute atomic E-state index is 0.493. The van der Waals surface area contributed by atoms with E-state index >= 15 is 0 Å². The van der Waals surface area contributed by atoms with E-state index in [4.69, 9.17) is 4.74 Å². The van der Waals surface area contributed by atoms with Gasteiger partial charge < -0.3 is 10.1 Å². The molecule has 23 heavy (non-hydrogen) atoms.